The van der Waals surface area contributed by atoms with Gasteiger partial charge in [0, 0.05) is 0 Å². The average Bonchev–Trinajstić information content (AvgIpc) is 3.03. The summed E-state index contributed by atoms with van der Waals surface area (Å²) in [6.45, 7) is 7.40. The van der Waals surface area contributed by atoms with E-state index in [1.807, 2.05) is 0 Å². The Morgan fingerprint density at radius 2 is 1.86 bits per heavy atom. The van der Waals surface area contributed by atoms with Crippen molar-refractivity contribution in [1.82, 2.24) is 0 Å². The molecule has 0 aliphatic carbocycles. The van der Waals surface area contributed by atoms with Crippen LogP contribution in [-0.4, -0.2) is 19.4 Å². The minimum atomic E-state index is 0.403. The summed E-state index contributed by atoms with van der Waals surface area (Å²) < 4.78 is 5.13. The van der Waals surface area contributed by atoms with E-state index in [1.165, 1.54) is 17.3 Å². The van der Waals surface area contributed by atoms with Gasteiger partial charge in [0.05, 0.1) is 6.61 Å². The highest BCUT2D eigenvalue weighted by Gasteiger charge is 2.23. The highest BCUT2D eigenvalue weighted by Crippen LogP contribution is 2.29. The van der Waals surface area contributed by atoms with E-state index in [0.29, 0.717) is 6.10 Å². The maximum Gasteiger partial charge on any atom is 0.106 e. The Balaban J connectivity index is 0.000000213. The molecule has 0 bridgehead atoms. The van der Waals surface area contributed by atoms with Crippen LogP contribution in [0.5, 0.6) is 0 Å². The Labute approximate surface area is 88.6 Å². The lowest BCUT2D eigenvalue weighted by Crippen LogP contribution is -1.79. The van der Waals surface area contributed by atoms with Crippen molar-refractivity contribution in [1.29, 1.82) is 0 Å². The van der Waals surface area contributed by atoms with Gasteiger partial charge >= 0.3 is 0 Å². The number of ether oxygens (including phenoxy) is 1. The maximum atomic E-state index is 5.13. The smallest absolute Gasteiger partial charge is 0.106 e. The molecule has 14 heavy (non-hydrogen) atoms. The second kappa shape index (κ2) is 6.16. The number of hydrogen-bond donors (Lipinski definition) is 0. The molecule has 2 atom stereocenters. The van der Waals surface area contributed by atoms with Gasteiger partial charge in [0.2, 0.25) is 0 Å². The van der Waals surface area contributed by atoms with Crippen LogP contribution in [0.25, 0.3) is 0 Å². The molecular weight excluding hydrogens is 191 g/mol. The molecule has 1 fully saturated rings. The molecule has 2 rings (SSSR count). The first-order valence-corrected chi connectivity index (χ1v) is 6.81. The molecular formula is C12H19OP. The van der Waals surface area contributed by atoms with Gasteiger partial charge < -0.3 is 4.74 Å². The fraction of sp³-hybridized carbons (Fsp3) is 0.500. The minimum Gasteiger partial charge on any atom is -0.368 e. The molecule has 0 radical (unpaired) electrons. The zero-order valence-corrected chi connectivity index (χ0v) is 10.2. The van der Waals surface area contributed by atoms with Gasteiger partial charge in [-0.1, -0.05) is 36.8 Å². The molecule has 1 nitrogen and oxygen atoms in total. The molecule has 1 aromatic carbocycles. The molecule has 0 N–H and O–H groups in total. The summed E-state index contributed by atoms with van der Waals surface area (Å²) in [6, 6.07) is 8.51. The van der Waals surface area contributed by atoms with E-state index >= 15 is 0 Å². The highest BCUT2D eigenvalue weighted by molar-refractivity contribution is 7.36. The number of epoxide rings is 1. The molecule has 1 aliphatic heterocycles. The van der Waals surface area contributed by atoms with E-state index in [-0.39, 0.29) is 0 Å². The summed E-state index contributed by atoms with van der Waals surface area (Å²) in [5.74, 6) is 0. The van der Waals surface area contributed by atoms with Gasteiger partial charge in [-0.3, -0.25) is 0 Å². The Morgan fingerprint density at radius 3 is 2.21 bits per heavy atom. The Kier molecular flexibility index (Phi) is 5.14. The van der Waals surface area contributed by atoms with Gasteiger partial charge in [-0.05, 0) is 25.3 Å². The zero-order chi connectivity index (χ0) is 10.4. The van der Waals surface area contributed by atoms with Crippen LogP contribution in [-0.2, 0) is 4.74 Å². The van der Waals surface area contributed by atoms with Crippen molar-refractivity contribution < 1.29 is 4.74 Å². The van der Waals surface area contributed by atoms with E-state index in [0.717, 1.165) is 15.2 Å². The molecule has 0 aromatic heterocycles. The van der Waals surface area contributed by atoms with E-state index in [1.54, 1.807) is 0 Å². The fourth-order valence-electron chi connectivity index (χ4n) is 1.02. The molecule has 2 unspecified atom stereocenters. The van der Waals surface area contributed by atoms with E-state index in [9.17, 15) is 0 Å². The number of aryl methyl sites for hydroxylation is 1. The summed E-state index contributed by atoms with van der Waals surface area (Å²) in [5, 5.41) is 0. The maximum absolute atomic E-state index is 5.13. The van der Waals surface area contributed by atoms with Crippen LogP contribution in [0.4, 0.5) is 0 Å². The number of rotatable bonds is 2. The monoisotopic (exact) mass is 210 g/mol. The van der Waals surface area contributed by atoms with Gasteiger partial charge in [-0.2, -0.15) is 0 Å². The van der Waals surface area contributed by atoms with Crippen molar-refractivity contribution in [2.45, 2.75) is 20.0 Å². The van der Waals surface area contributed by atoms with Crippen LogP contribution in [0.3, 0.4) is 0 Å². The summed E-state index contributed by atoms with van der Waals surface area (Å²) in [6.07, 6.45) is 1.75. The molecule has 78 valence electrons. The quantitative estimate of drug-likeness (QED) is 0.538. The third-order valence-electron chi connectivity index (χ3n) is 2.14. The van der Waals surface area contributed by atoms with Gasteiger partial charge in [0.25, 0.3) is 0 Å². The summed E-state index contributed by atoms with van der Waals surface area (Å²) >= 11 is 0. The van der Waals surface area contributed by atoms with Gasteiger partial charge in [0.15, 0.2) is 0 Å². The van der Waals surface area contributed by atoms with Crippen LogP contribution < -0.4 is 0 Å². The van der Waals surface area contributed by atoms with Gasteiger partial charge in [0.1, 0.15) is 6.10 Å². The Morgan fingerprint density at radius 1 is 1.36 bits per heavy atom. The molecule has 1 heterocycles. The Bertz CT molecular complexity index is 250. The van der Waals surface area contributed by atoms with Crippen LogP contribution in [0.2, 0.25) is 0 Å². The highest BCUT2D eigenvalue weighted by atomic mass is 31.1. The Hall–Kier alpha value is -0.390. The topological polar surface area (TPSA) is 12.5 Å². The first-order valence-electron chi connectivity index (χ1n) is 5.10. The molecule has 1 aromatic rings. The first kappa shape index (κ1) is 11.7. The first-order chi connectivity index (χ1) is 6.77. The lowest BCUT2D eigenvalue weighted by atomic mass is 10.1. The molecule has 2 heteroatoms. The lowest BCUT2D eigenvalue weighted by molar-refractivity contribution is 0.415. The average molecular weight is 210 g/mol. The van der Waals surface area contributed by atoms with Crippen molar-refractivity contribution in [3.05, 3.63) is 35.4 Å². The van der Waals surface area contributed by atoms with Crippen LogP contribution >= 0.6 is 8.58 Å². The normalized spacial score (nSPS) is 19.2. The van der Waals surface area contributed by atoms with Crippen LogP contribution in [0.1, 0.15) is 24.2 Å². The van der Waals surface area contributed by atoms with Crippen LogP contribution in [0, 0.1) is 6.92 Å². The van der Waals surface area contributed by atoms with Crippen molar-refractivity contribution in [2.24, 2.45) is 0 Å². The fourth-order valence-corrected chi connectivity index (χ4v) is 1.02. The minimum absolute atomic E-state index is 0.403. The second-order valence-corrected chi connectivity index (χ2v) is 4.85. The van der Waals surface area contributed by atoms with E-state index < -0.39 is 0 Å². The van der Waals surface area contributed by atoms with Gasteiger partial charge in [-0.25, -0.2) is 0 Å². The van der Waals surface area contributed by atoms with Crippen molar-refractivity contribution in [3.8, 4) is 0 Å². The van der Waals surface area contributed by atoms with Gasteiger partial charge in [-0.15, -0.1) is 8.58 Å². The zero-order valence-electron chi connectivity index (χ0n) is 9.21. The number of benzene rings is 1. The lowest BCUT2D eigenvalue weighted by Gasteiger charge is -1.94. The SMILES string of the molecule is CCPC.Cc1ccc(C2CO2)cc1. The van der Waals surface area contributed by atoms with Crippen molar-refractivity contribution >= 4 is 8.58 Å². The third-order valence-corrected chi connectivity index (χ3v) is 2.84. The summed E-state index contributed by atoms with van der Waals surface area (Å²) in [7, 11) is 1.14. The summed E-state index contributed by atoms with van der Waals surface area (Å²) in [4.78, 5) is 0. The van der Waals surface area contributed by atoms with Crippen molar-refractivity contribution in [2.75, 3.05) is 19.4 Å². The second-order valence-electron chi connectivity index (χ2n) is 3.44. The molecule has 0 amide bonds. The standard InChI is InChI=1S/C9H10O.C3H9P/c1-7-2-4-8(5-3-7)9-6-10-9;1-3-4-2/h2-5,9H,6H2,1H3;4H,3H2,1-2H3. The number of hydrogen-bond acceptors (Lipinski definition) is 1. The molecule has 0 saturated carbocycles. The summed E-state index contributed by atoms with van der Waals surface area (Å²) in [5.41, 5.74) is 2.62. The van der Waals surface area contributed by atoms with Crippen molar-refractivity contribution in [3.63, 3.8) is 0 Å². The third kappa shape index (κ3) is 4.21. The molecule has 1 saturated heterocycles. The predicted octanol–water partition coefficient (Wildman–Crippen LogP) is 3.38. The van der Waals surface area contributed by atoms with E-state index in [4.69, 9.17) is 4.74 Å². The molecule has 1 aliphatic rings. The van der Waals surface area contributed by atoms with E-state index in [2.05, 4.69) is 44.8 Å². The molecule has 0 spiro atoms. The predicted molar refractivity (Wildman–Crippen MR) is 64.7 cm³/mol. The van der Waals surface area contributed by atoms with Crippen LogP contribution in [0.15, 0.2) is 24.3 Å². The largest absolute Gasteiger partial charge is 0.368 e.